The monoisotopic (exact) mass is 452 g/mol. The van der Waals surface area contributed by atoms with Crippen LogP contribution >= 0.6 is 0 Å². The molecule has 6 rings (SSSR count). The van der Waals surface area contributed by atoms with E-state index in [1.54, 1.807) is 0 Å². The van der Waals surface area contributed by atoms with E-state index in [9.17, 15) is 0 Å². The average Bonchev–Trinajstić information content (AvgIpc) is 2.58. The fourth-order valence-electron chi connectivity index (χ4n) is 5.20. The molecule has 0 radical (unpaired) electrons. The first-order valence-electron chi connectivity index (χ1n) is 9.43. The summed E-state index contributed by atoms with van der Waals surface area (Å²) in [6, 6.07) is 0. The van der Waals surface area contributed by atoms with Crippen LogP contribution in [0.4, 0.5) is 0 Å². The van der Waals surface area contributed by atoms with Crippen molar-refractivity contribution in [2.24, 2.45) is 0 Å². The van der Waals surface area contributed by atoms with Gasteiger partial charge in [-0.15, -0.1) is 0 Å². The normalized spacial score (nSPS) is 41.2. The molecule has 6 heteroatoms. The minimum Gasteiger partial charge on any atom is -1.00 e. The number of halogens is 2. The average molecular weight is 454 g/mol. The Hall–Kier alpha value is 0.800. The maximum absolute atomic E-state index is 2.66. The highest BCUT2D eigenvalue weighted by Gasteiger charge is 2.39. The summed E-state index contributed by atoms with van der Waals surface area (Å²) in [7, 11) is 0. The number of unbranched alkanes of at least 4 members (excludes halogenated alkanes) is 2. The van der Waals surface area contributed by atoms with Crippen LogP contribution in [0, 0.1) is 0 Å². The van der Waals surface area contributed by atoms with Crippen molar-refractivity contribution in [1.82, 2.24) is 9.80 Å². The fraction of sp³-hybridized carbons (Fsp3) is 1.00. The summed E-state index contributed by atoms with van der Waals surface area (Å²) in [6.07, 6.45) is 4.44. The molecule has 0 unspecified atom stereocenters. The molecule has 6 fully saturated rings. The lowest BCUT2D eigenvalue weighted by atomic mass is 10.1. The van der Waals surface area contributed by atoms with Gasteiger partial charge in [-0.2, -0.15) is 0 Å². The van der Waals surface area contributed by atoms with Crippen molar-refractivity contribution in [3.05, 3.63) is 0 Å². The number of hydrogen-bond acceptors (Lipinski definition) is 2. The minimum atomic E-state index is 0. The van der Waals surface area contributed by atoms with Gasteiger partial charge in [-0.1, -0.05) is 0 Å². The Balaban J connectivity index is 0.000000960. The minimum absolute atomic E-state index is 0. The van der Waals surface area contributed by atoms with Crippen LogP contribution in [0.15, 0.2) is 0 Å². The molecule has 6 aliphatic rings. The number of hydrogen-bond donors (Lipinski definition) is 0. The summed E-state index contributed by atoms with van der Waals surface area (Å²) in [5.41, 5.74) is 0. The molecule has 0 saturated carbocycles. The zero-order valence-electron chi connectivity index (χ0n) is 14.6. The van der Waals surface area contributed by atoms with Crippen LogP contribution in [0.3, 0.4) is 0 Å². The van der Waals surface area contributed by atoms with E-state index in [2.05, 4.69) is 9.80 Å². The van der Waals surface area contributed by atoms with E-state index in [4.69, 9.17) is 0 Å². The van der Waals surface area contributed by atoms with Gasteiger partial charge in [0.15, 0.2) is 0 Å². The topological polar surface area (TPSA) is 6.48 Å². The molecule has 0 aromatic rings. The van der Waals surface area contributed by atoms with E-state index < -0.39 is 0 Å². The zero-order valence-corrected chi connectivity index (χ0v) is 17.7. The quantitative estimate of drug-likeness (QED) is 0.292. The van der Waals surface area contributed by atoms with Crippen molar-refractivity contribution in [2.45, 2.75) is 19.3 Å². The van der Waals surface area contributed by atoms with E-state index in [1.165, 1.54) is 120 Å². The molecule has 0 aromatic heterocycles. The largest absolute Gasteiger partial charge is 1.00 e. The molecule has 6 saturated heterocycles. The Kier molecular flexibility index (Phi) is 7.39. The van der Waals surface area contributed by atoms with Crippen molar-refractivity contribution in [3.8, 4) is 0 Å². The number of piperazine rings is 6. The van der Waals surface area contributed by atoms with Crippen LogP contribution in [0.5, 0.6) is 0 Å². The second kappa shape index (κ2) is 8.45. The van der Waals surface area contributed by atoms with Crippen molar-refractivity contribution in [3.63, 3.8) is 0 Å². The van der Waals surface area contributed by atoms with E-state index >= 15 is 0 Å². The highest BCUT2D eigenvalue weighted by atomic mass is 79.9. The molecule has 0 spiro atoms. The Morgan fingerprint density at radius 3 is 1.09 bits per heavy atom. The van der Waals surface area contributed by atoms with Crippen LogP contribution in [0.2, 0.25) is 0 Å². The summed E-state index contributed by atoms with van der Waals surface area (Å²) in [6.45, 7) is 19.8. The van der Waals surface area contributed by atoms with Crippen molar-refractivity contribution >= 4 is 0 Å². The summed E-state index contributed by atoms with van der Waals surface area (Å²) in [5.74, 6) is 0. The van der Waals surface area contributed by atoms with Crippen molar-refractivity contribution < 1.29 is 42.9 Å². The maximum Gasteiger partial charge on any atom is 0.0916 e. The molecule has 6 aliphatic heterocycles. The van der Waals surface area contributed by atoms with Crippen LogP contribution < -0.4 is 34.0 Å². The first-order valence-corrected chi connectivity index (χ1v) is 9.43. The standard InChI is InChI=1S/C17H34N4.2BrH/c1(2-10-20-12-4-18(5-13-20)6-14-20)3-11-21-15-7-19(8-16-21)9-17-21;;/h1-17H2;2*1H/q+2;;/p-2. The smallest absolute Gasteiger partial charge is 0.0916 e. The van der Waals surface area contributed by atoms with Crippen molar-refractivity contribution in [2.75, 3.05) is 91.6 Å². The summed E-state index contributed by atoms with van der Waals surface area (Å²) >= 11 is 0. The highest BCUT2D eigenvalue weighted by molar-refractivity contribution is 4.72. The highest BCUT2D eigenvalue weighted by Crippen LogP contribution is 2.23. The van der Waals surface area contributed by atoms with E-state index in [0.717, 1.165) is 0 Å². The molecule has 6 heterocycles. The predicted octanol–water partition coefficient (Wildman–Crippen LogP) is -5.54. The van der Waals surface area contributed by atoms with Gasteiger partial charge in [0.2, 0.25) is 0 Å². The number of quaternary nitrogens is 2. The molecule has 0 atom stereocenters. The summed E-state index contributed by atoms with van der Waals surface area (Å²) in [5, 5.41) is 0. The van der Waals surface area contributed by atoms with Gasteiger partial charge < -0.3 is 42.9 Å². The van der Waals surface area contributed by atoms with Gasteiger partial charge in [0.1, 0.15) is 0 Å². The first kappa shape index (κ1) is 20.1. The Morgan fingerprint density at radius 1 is 0.478 bits per heavy atom. The number of rotatable bonds is 6. The molecule has 4 nitrogen and oxygen atoms in total. The van der Waals surface area contributed by atoms with Gasteiger partial charge in [0, 0.05) is 39.3 Å². The molecule has 136 valence electrons. The Morgan fingerprint density at radius 2 is 0.783 bits per heavy atom. The Bertz CT molecular complexity index is 302. The lowest BCUT2D eigenvalue weighted by Gasteiger charge is -2.51. The zero-order chi connectivity index (χ0) is 14.2. The molecular weight excluding hydrogens is 420 g/mol. The second-order valence-corrected chi connectivity index (χ2v) is 8.22. The maximum atomic E-state index is 2.66. The third-order valence-electron chi connectivity index (χ3n) is 7.11. The van der Waals surface area contributed by atoms with Crippen molar-refractivity contribution in [1.29, 1.82) is 0 Å². The van der Waals surface area contributed by atoms with Gasteiger partial charge in [0.05, 0.1) is 52.4 Å². The second-order valence-electron chi connectivity index (χ2n) is 8.22. The molecule has 0 aliphatic carbocycles. The SMILES string of the molecule is C(CC[N+]12CCN(CC1)CC2)CC[N+]12CCN(CC1)CC2.[Br-].[Br-]. The van der Waals surface area contributed by atoms with Crippen LogP contribution in [0.1, 0.15) is 19.3 Å². The molecule has 0 aromatic carbocycles. The molecular formula is C17H34Br2N4. The molecule has 0 N–H and O–H groups in total. The molecule has 23 heavy (non-hydrogen) atoms. The number of nitrogens with zero attached hydrogens (tertiary/aromatic N) is 4. The lowest BCUT2D eigenvalue weighted by molar-refractivity contribution is -0.942. The van der Waals surface area contributed by atoms with Crippen LogP contribution in [0.25, 0.3) is 0 Å². The molecule has 0 amide bonds. The predicted molar refractivity (Wildman–Crippen MR) is 86.2 cm³/mol. The first-order chi connectivity index (χ1) is 10.3. The van der Waals surface area contributed by atoms with Gasteiger partial charge >= 0.3 is 0 Å². The Labute approximate surface area is 163 Å². The van der Waals surface area contributed by atoms with E-state index in [-0.39, 0.29) is 34.0 Å². The third-order valence-corrected chi connectivity index (χ3v) is 7.11. The summed E-state index contributed by atoms with van der Waals surface area (Å²) in [4.78, 5) is 5.32. The van der Waals surface area contributed by atoms with Gasteiger partial charge in [-0.25, -0.2) is 0 Å². The summed E-state index contributed by atoms with van der Waals surface area (Å²) < 4.78 is 2.93. The third kappa shape index (κ3) is 4.50. The fourth-order valence-corrected chi connectivity index (χ4v) is 5.20. The van der Waals surface area contributed by atoms with E-state index in [0.29, 0.717) is 0 Å². The van der Waals surface area contributed by atoms with Crippen LogP contribution in [-0.4, -0.2) is 110 Å². The van der Waals surface area contributed by atoms with Gasteiger partial charge in [-0.05, 0) is 19.3 Å². The van der Waals surface area contributed by atoms with Gasteiger partial charge in [-0.3, -0.25) is 9.80 Å². The molecule has 4 bridgehead atoms. The van der Waals surface area contributed by atoms with Crippen LogP contribution in [-0.2, 0) is 0 Å². The van der Waals surface area contributed by atoms with E-state index in [1.807, 2.05) is 0 Å². The van der Waals surface area contributed by atoms with Gasteiger partial charge in [0.25, 0.3) is 0 Å². The lowest BCUT2D eigenvalue weighted by Crippen LogP contribution is -3.00. The number of fused-ring (bicyclic) bond motifs is 6.